The average molecular weight is 314 g/mol. The largest absolute Gasteiger partial charge is 0.463 e. The van der Waals surface area contributed by atoms with Crippen LogP contribution in [0.25, 0.3) is 0 Å². The normalized spacial score (nSPS) is 19.8. The maximum Gasteiger partial charge on any atom is 0.317 e. The molecular weight excluding hydrogens is 296 g/mol. The van der Waals surface area contributed by atoms with Crippen LogP contribution in [0.2, 0.25) is 0 Å². The minimum absolute atomic E-state index is 0.199. The maximum atomic E-state index is 12.6. The van der Waals surface area contributed by atoms with E-state index < -0.39 is 5.92 Å². The van der Waals surface area contributed by atoms with Crippen LogP contribution in [0.3, 0.4) is 0 Å². The summed E-state index contributed by atoms with van der Waals surface area (Å²) >= 11 is 0. The number of anilines is 1. The van der Waals surface area contributed by atoms with Gasteiger partial charge in [-0.15, -0.1) is 0 Å². The van der Waals surface area contributed by atoms with Gasteiger partial charge in [-0.1, -0.05) is 36.9 Å². The molecule has 7 nitrogen and oxygen atoms in total. The first kappa shape index (κ1) is 15.2. The Morgan fingerprint density at radius 1 is 1.35 bits per heavy atom. The Hall–Kier alpha value is -2.67. The molecular formula is C16H18N4O3. The second-order valence-corrected chi connectivity index (χ2v) is 5.17. The van der Waals surface area contributed by atoms with E-state index in [1.54, 1.807) is 11.8 Å². The number of fused-ring (bicyclic) bond motifs is 1. The summed E-state index contributed by atoms with van der Waals surface area (Å²) in [6.45, 7) is 4.52. The fraction of sp³-hybridized carbons (Fsp3) is 0.312. The van der Waals surface area contributed by atoms with Crippen LogP contribution in [-0.2, 0) is 14.3 Å². The second-order valence-electron chi connectivity index (χ2n) is 5.17. The molecule has 0 saturated heterocycles. The van der Waals surface area contributed by atoms with Crippen LogP contribution in [-0.4, -0.2) is 41.1 Å². The quantitative estimate of drug-likeness (QED) is 0.667. The number of benzene rings is 1. The molecule has 0 unspecified atom stereocenters. The van der Waals surface area contributed by atoms with Gasteiger partial charge in [-0.2, -0.15) is 10.1 Å². The SMILES string of the molecule is C=C1Nc2ncnn2[C@H](c2ccccc2)[C@H]1C(=O)OCCOC. The molecule has 0 fully saturated rings. The summed E-state index contributed by atoms with van der Waals surface area (Å²) in [7, 11) is 1.56. The number of ether oxygens (including phenoxy) is 2. The molecule has 0 bridgehead atoms. The number of hydrogen-bond donors (Lipinski definition) is 1. The number of nitrogens with zero attached hydrogens (tertiary/aromatic N) is 3. The molecule has 120 valence electrons. The predicted molar refractivity (Wildman–Crippen MR) is 83.7 cm³/mol. The minimum Gasteiger partial charge on any atom is -0.463 e. The van der Waals surface area contributed by atoms with Crippen molar-refractivity contribution in [3.05, 3.63) is 54.5 Å². The molecule has 2 aromatic rings. The molecule has 1 aromatic carbocycles. The van der Waals surface area contributed by atoms with Gasteiger partial charge in [0.25, 0.3) is 0 Å². The third-order valence-electron chi connectivity index (χ3n) is 3.73. The third kappa shape index (κ3) is 2.95. The van der Waals surface area contributed by atoms with Crippen molar-refractivity contribution in [2.45, 2.75) is 6.04 Å². The van der Waals surface area contributed by atoms with Crippen LogP contribution in [0.15, 0.2) is 48.9 Å². The number of rotatable bonds is 5. The maximum absolute atomic E-state index is 12.6. The summed E-state index contributed by atoms with van der Waals surface area (Å²) in [5.41, 5.74) is 1.48. The fourth-order valence-electron chi connectivity index (χ4n) is 2.67. The summed E-state index contributed by atoms with van der Waals surface area (Å²) in [6.07, 6.45) is 1.45. The predicted octanol–water partition coefficient (Wildman–Crippen LogP) is 1.61. The van der Waals surface area contributed by atoms with Crippen molar-refractivity contribution in [2.24, 2.45) is 5.92 Å². The average Bonchev–Trinajstić information content (AvgIpc) is 3.02. The van der Waals surface area contributed by atoms with Gasteiger partial charge in [-0.05, 0) is 5.56 Å². The van der Waals surface area contributed by atoms with Gasteiger partial charge in [-0.25, -0.2) is 4.68 Å². The van der Waals surface area contributed by atoms with E-state index in [9.17, 15) is 4.79 Å². The first-order chi connectivity index (χ1) is 11.2. The fourth-order valence-corrected chi connectivity index (χ4v) is 2.67. The van der Waals surface area contributed by atoms with Crippen LogP contribution in [0.5, 0.6) is 0 Å². The molecule has 7 heteroatoms. The minimum atomic E-state index is -0.594. The first-order valence-electron chi connectivity index (χ1n) is 7.28. The van der Waals surface area contributed by atoms with Crippen LogP contribution in [0.1, 0.15) is 11.6 Å². The molecule has 0 spiro atoms. The number of hydrogen-bond acceptors (Lipinski definition) is 6. The molecule has 1 aromatic heterocycles. The van der Waals surface area contributed by atoms with Crippen molar-refractivity contribution < 1.29 is 14.3 Å². The van der Waals surface area contributed by atoms with Gasteiger partial charge in [-0.3, -0.25) is 4.79 Å². The van der Waals surface area contributed by atoms with E-state index in [1.165, 1.54) is 6.33 Å². The lowest BCUT2D eigenvalue weighted by Crippen LogP contribution is -2.38. The van der Waals surface area contributed by atoms with Crippen LogP contribution in [0.4, 0.5) is 5.95 Å². The lowest BCUT2D eigenvalue weighted by atomic mass is 9.89. The Bertz CT molecular complexity index is 698. The van der Waals surface area contributed by atoms with Crippen LogP contribution < -0.4 is 5.32 Å². The Morgan fingerprint density at radius 3 is 2.87 bits per heavy atom. The van der Waals surface area contributed by atoms with E-state index >= 15 is 0 Å². The Labute approximate surface area is 133 Å². The van der Waals surface area contributed by atoms with Gasteiger partial charge in [0, 0.05) is 12.8 Å². The molecule has 1 aliphatic heterocycles. The van der Waals surface area contributed by atoms with Gasteiger partial charge in [0.05, 0.1) is 12.6 Å². The molecule has 23 heavy (non-hydrogen) atoms. The number of aromatic nitrogens is 3. The zero-order valence-corrected chi connectivity index (χ0v) is 12.8. The summed E-state index contributed by atoms with van der Waals surface area (Å²) < 4.78 is 11.9. The highest BCUT2D eigenvalue weighted by molar-refractivity contribution is 5.79. The number of carbonyl (C=O) groups excluding carboxylic acids is 1. The zero-order valence-electron chi connectivity index (χ0n) is 12.8. The second kappa shape index (κ2) is 6.62. The number of carbonyl (C=O) groups is 1. The van der Waals surface area contributed by atoms with Crippen LogP contribution in [0, 0.1) is 5.92 Å². The molecule has 0 amide bonds. The highest BCUT2D eigenvalue weighted by Crippen LogP contribution is 2.37. The lowest BCUT2D eigenvalue weighted by Gasteiger charge is -2.33. The van der Waals surface area contributed by atoms with Gasteiger partial charge < -0.3 is 14.8 Å². The number of esters is 1. The molecule has 2 atom stereocenters. The summed E-state index contributed by atoms with van der Waals surface area (Å²) in [6, 6.07) is 9.31. The smallest absolute Gasteiger partial charge is 0.317 e. The zero-order chi connectivity index (χ0) is 16.2. The van der Waals surface area contributed by atoms with E-state index in [4.69, 9.17) is 9.47 Å². The highest BCUT2D eigenvalue weighted by Gasteiger charge is 2.40. The van der Waals surface area contributed by atoms with Crippen molar-refractivity contribution >= 4 is 11.9 Å². The molecule has 0 radical (unpaired) electrons. The highest BCUT2D eigenvalue weighted by atomic mass is 16.6. The van der Waals surface area contributed by atoms with E-state index in [1.807, 2.05) is 30.3 Å². The Kier molecular flexibility index (Phi) is 4.38. The Morgan fingerprint density at radius 2 is 2.13 bits per heavy atom. The van der Waals surface area contributed by atoms with E-state index in [-0.39, 0.29) is 18.6 Å². The molecule has 1 aliphatic rings. The molecule has 3 rings (SSSR count). The van der Waals surface area contributed by atoms with Gasteiger partial charge in [0.2, 0.25) is 5.95 Å². The van der Waals surface area contributed by atoms with Gasteiger partial charge >= 0.3 is 5.97 Å². The summed E-state index contributed by atoms with van der Waals surface area (Å²) in [5, 5.41) is 7.27. The number of nitrogens with one attached hydrogen (secondary N) is 1. The van der Waals surface area contributed by atoms with Crippen molar-refractivity contribution in [1.29, 1.82) is 0 Å². The summed E-state index contributed by atoms with van der Waals surface area (Å²) in [5.74, 6) is -0.400. The number of methoxy groups -OCH3 is 1. The van der Waals surface area contributed by atoms with Crippen molar-refractivity contribution in [3.63, 3.8) is 0 Å². The standard InChI is InChI=1S/C16H18N4O3/c1-11-13(15(21)23-9-8-22-2)14(12-6-4-3-5-7-12)20-16(19-11)17-10-18-20/h3-7,10,13-14H,1,8-9H2,2H3,(H,17,18,19)/t13-,14+/m0/s1. The topological polar surface area (TPSA) is 78.3 Å². The Balaban J connectivity index is 1.95. The first-order valence-corrected chi connectivity index (χ1v) is 7.28. The van der Waals surface area contributed by atoms with Crippen molar-refractivity contribution in [1.82, 2.24) is 14.8 Å². The van der Waals surface area contributed by atoms with Crippen LogP contribution >= 0.6 is 0 Å². The molecule has 0 saturated carbocycles. The summed E-state index contributed by atoms with van der Waals surface area (Å²) in [4.78, 5) is 16.7. The third-order valence-corrected chi connectivity index (χ3v) is 3.73. The van der Waals surface area contributed by atoms with Crippen molar-refractivity contribution in [2.75, 3.05) is 25.6 Å². The van der Waals surface area contributed by atoms with E-state index in [2.05, 4.69) is 22.0 Å². The lowest BCUT2D eigenvalue weighted by molar-refractivity contribution is -0.149. The van der Waals surface area contributed by atoms with Crippen molar-refractivity contribution in [3.8, 4) is 0 Å². The molecule has 2 heterocycles. The van der Waals surface area contributed by atoms with E-state index in [0.29, 0.717) is 18.3 Å². The monoisotopic (exact) mass is 314 g/mol. The van der Waals surface area contributed by atoms with Gasteiger partial charge in [0.15, 0.2) is 0 Å². The van der Waals surface area contributed by atoms with Gasteiger partial charge in [0.1, 0.15) is 18.9 Å². The molecule has 1 N–H and O–H groups in total. The molecule has 0 aliphatic carbocycles. The van der Waals surface area contributed by atoms with E-state index in [0.717, 1.165) is 5.56 Å².